The number of hydrogen-bond donors (Lipinski definition) is 0. The number of carbonyl (C=O) groups is 1. The fourth-order valence-electron chi connectivity index (χ4n) is 2.19. The maximum atomic E-state index is 10.3. The highest BCUT2D eigenvalue weighted by Crippen LogP contribution is 2.38. The van der Waals surface area contributed by atoms with Crippen molar-refractivity contribution < 1.29 is 14.3 Å². The second-order valence-corrected chi connectivity index (χ2v) is 3.92. The zero-order chi connectivity index (χ0) is 9.15. The third-order valence-corrected chi connectivity index (χ3v) is 2.89. The van der Waals surface area contributed by atoms with Crippen molar-refractivity contribution in [2.45, 2.75) is 50.4 Å². The molecule has 1 saturated heterocycles. The first kappa shape index (κ1) is 9.16. The summed E-state index contributed by atoms with van der Waals surface area (Å²) in [6, 6.07) is 0. The van der Waals surface area contributed by atoms with Crippen LogP contribution in [0.2, 0.25) is 0 Å². The Morgan fingerprint density at radius 2 is 2.08 bits per heavy atom. The zero-order valence-corrected chi connectivity index (χ0v) is 7.83. The number of rotatable bonds is 2. The summed E-state index contributed by atoms with van der Waals surface area (Å²) in [6.45, 7) is 0.596. The molecule has 3 nitrogen and oxygen atoms in total. The monoisotopic (exact) mass is 184 g/mol. The van der Waals surface area contributed by atoms with Crippen LogP contribution in [0.5, 0.6) is 0 Å². The summed E-state index contributed by atoms with van der Waals surface area (Å²) >= 11 is 0. The molecule has 1 heterocycles. The minimum atomic E-state index is -0.314. The van der Waals surface area contributed by atoms with Gasteiger partial charge >= 0.3 is 0 Å². The van der Waals surface area contributed by atoms with E-state index >= 15 is 0 Å². The van der Waals surface area contributed by atoms with Crippen LogP contribution < -0.4 is 0 Å². The van der Waals surface area contributed by atoms with Crippen LogP contribution in [0.15, 0.2) is 0 Å². The van der Waals surface area contributed by atoms with Gasteiger partial charge in [-0.3, -0.25) is 0 Å². The standard InChI is InChI=1S/C10H16O3/c11-7-4-9-8-12-10(13-9)5-2-1-3-6-10/h7,9H,1-6,8H2/t9-/m0/s1. The molecule has 0 aromatic heterocycles. The average Bonchev–Trinajstić information content (AvgIpc) is 2.51. The SMILES string of the molecule is O=CC[C@H]1COC2(CCCCC2)O1. The number of ether oxygens (including phenoxy) is 2. The lowest BCUT2D eigenvalue weighted by molar-refractivity contribution is -0.187. The second-order valence-electron chi connectivity index (χ2n) is 3.92. The van der Waals surface area contributed by atoms with Gasteiger partial charge in [0.15, 0.2) is 5.79 Å². The van der Waals surface area contributed by atoms with Gasteiger partial charge in [-0.2, -0.15) is 0 Å². The summed E-state index contributed by atoms with van der Waals surface area (Å²) in [4.78, 5) is 10.3. The molecule has 1 aliphatic carbocycles. The Bertz CT molecular complexity index is 185. The summed E-state index contributed by atoms with van der Waals surface area (Å²) in [5.41, 5.74) is 0. The fourth-order valence-corrected chi connectivity index (χ4v) is 2.19. The van der Waals surface area contributed by atoms with Gasteiger partial charge in [-0.25, -0.2) is 0 Å². The van der Waals surface area contributed by atoms with Crippen molar-refractivity contribution in [2.24, 2.45) is 0 Å². The summed E-state index contributed by atoms with van der Waals surface area (Å²) in [5, 5.41) is 0. The zero-order valence-electron chi connectivity index (χ0n) is 7.83. The van der Waals surface area contributed by atoms with E-state index in [0.29, 0.717) is 13.0 Å². The van der Waals surface area contributed by atoms with Gasteiger partial charge in [0.1, 0.15) is 6.29 Å². The molecule has 2 rings (SSSR count). The Balaban J connectivity index is 1.90. The fraction of sp³-hybridized carbons (Fsp3) is 0.900. The first-order chi connectivity index (χ1) is 6.35. The molecule has 0 aromatic carbocycles. The molecule has 74 valence electrons. The highest BCUT2D eigenvalue weighted by Gasteiger charge is 2.41. The van der Waals surface area contributed by atoms with E-state index in [4.69, 9.17) is 9.47 Å². The average molecular weight is 184 g/mol. The lowest BCUT2D eigenvalue weighted by atomic mass is 9.94. The predicted octanol–water partition coefficient (Wildman–Crippen LogP) is 1.65. The molecule has 1 saturated carbocycles. The van der Waals surface area contributed by atoms with Crippen LogP contribution in [0.25, 0.3) is 0 Å². The van der Waals surface area contributed by atoms with Gasteiger partial charge < -0.3 is 14.3 Å². The maximum absolute atomic E-state index is 10.3. The van der Waals surface area contributed by atoms with E-state index in [1.54, 1.807) is 0 Å². The topological polar surface area (TPSA) is 35.5 Å². The summed E-state index contributed by atoms with van der Waals surface area (Å²) < 4.78 is 11.4. The maximum Gasteiger partial charge on any atom is 0.168 e. The van der Waals surface area contributed by atoms with Crippen molar-refractivity contribution in [1.82, 2.24) is 0 Å². The van der Waals surface area contributed by atoms with Crippen LogP contribution in [-0.2, 0) is 14.3 Å². The van der Waals surface area contributed by atoms with Crippen LogP contribution in [0.1, 0.15) is 38.5 Å². The van der Waals surface area contributed by atoms with E-state index in [1.165, 1.54) is 19.3 Å². The molecular formula is C10H16O3. The summed E-state index contributed by atoms with van der Waals surface area (Å²) in [6.07, 6.45) is 7.06. The van der Waals surface area contributed by atoms with Crippen molar-refractivity contribution in [2.75, 3.05) is 6.61 Å². The first-order valence-corrected chi connectivity index (χ1v) is 5.10. The Morgan fingerprint density at radius 3 is 2.77 bits per heavy atom. The largest absolute Gasteiger partial charge is 0.347 e. The second kappa shape index (κ2) is 3.76. The van der Waals surface area contributed by atoms with Gasteiger partial charge in [0.05, 0.1) is 12.7 Å². The van der Waals surface area contributed by atoms with Gasteiger partial charge in [0, 0.05) is 19.3 Å². The molecule has 0 unspecified atom stereocenters. The predicted molar refractivity (Wildman–Crippen MR) is 47.3 cm³/mol. The summed E-state index contributed by atoms with van der Waals surface area (Å²) in [7, 11) is 0. The minimum Gasteiger partial charge on any atom is -0.347 e. The molecule has 0 bridgehead atoms. The van der Waals surface area contributed by atoms with Crippen molar-refractivity contribution in [3.05, 3.63) is 0 Å². The van der Waals surface area contributed by atoms with Crippen LogP contribution >= 0.6 is 0 Å². The molecule has 2 fully saturated rings. The molecule has 1 atom stereocenters. The van der Waals surface area contributed by atoms with Crippen LogP contribution in [0, 0.1) is 0 Å². The normalized spacial score (nSPS) is 32.2. The Hall–Kier alpha value is -0.410. The van der Waals surface area contributed by atoms with Crippen molar-refractivity contribution in [3.8, 4) is 0 Å². The van der Waals surface area contributed by atoms with Gasteiger partial charge in [0.25, 0.3) is 0 Å². The first-order valence-electron chi connectivity index (χ1n) is 5.10. The summed E-state index contributed by atoms with van der Waals surface area (Å²) in [5.74, 6) is -0.314. The Morgan fingerprint density at radius 1 is 1.31 bits per heavy atom. The molecule has 13 heavy (non-hydrogen) atoms. The lowest BCUT2D eigenvalue weighted by Gasteiger charge is -2.31. The molecule has 1 aliphatic heterocycles. The van der Waals surface area contributed by atoms with Gasteiger partial charge in [-0.1, -0.05) is 6.42 Å². The van der Waals surface area contributed by atoms with E-state index in [2.05, 4.69) is 0 Å². The molecule has 1 spiro atoms. The Labute approximate surface area is 78.4 Å². The Kier molecular flexibility index (Phi) is 2.65. The van der Waals surface area contributed by atoms with E-state index < -0.39 is 0 Å². The van der Waals surface area contributed by atoms with Gasteiger partial charge in [-0.15, -0.1) is 0 Å². The smallest absolute Gasteiger partial charge is 0.168 e. The van der Waals surface area contributed by atoms with Gasteiger partial charge in [0.2, 0.25) is 0 Å². The lowest BCUT2D eigenvalue weighted by Crippen LogP contribution is -2.33. The van der Waals surface area contributed by atoms with Crippen LogP contribution in [0.3, 0.4) is 0 Å². The highest BCUT2D eigenvalue weighted by molar-refractivity contribution is 5.50. The molecule has 0 amide bonds. The van der Waals surface area contributed by atoms with Crippen molar-refractivity contribution in [1.29, 1.82) is 0 Å². The van der Waals surface area contributed by atoms with Gasteiger partial charge in [-0.05, 0) is 12.8 Å². The molecule has 0 radical (unpaired) electrons. The molecule has 2 aliphatic rings. The van der Waals surface area contributed by atoms with E-state index in [0.717, 1.165) is 19.1 Å². The van der Waals surface area contributed by atoms with Crippen LogP contribution in [-0.4, -0.2) is 24.8 Å². The van der Waals surface area contributed by atoms with E-state index in [-0.39, 0.29) is 11.9 Å². The highest BCUT2D eigenvalue weighted by atomic mass is 16.7. The molecule has 0 aromatic rings. The third kappa shape index (κ3) is 1.92. The van der Waals surface area contributed by atoms with Crippen molar-refractivity contribution >= 4 is 6.29 Å². The number of carbonyl (C=O) groups excluding carboxylic acids is 1. The molecule has 3 heteroatoms. The molecular weight excluding hydrogens is 168 g/mol. The van der Waals surface area contributed by atoms with E-state index in [9.17, 15) is 4.79 Å². The minimum absolute atomic E-state index is 0.00981. The van der Waals surface area contributed by atoms with Crippen molar-refractivity contribution in [3.63, 3.8) is 0 Å². The number of aldehydes is 1. The quantitative estimate of drug-likeness (QED) is 0.612. The third-order valence-electron chi connectivity index (χ3n) is 2.89. The molecule has 0 N–H and O–H groups in total. The van der Waals surface area contributed by atoms with Crippen LogP contribution in [0.4, 0.5) is 0 Å². The van der Waals surface area contributed by atoms with E-state index in [1.807, 2.05) is 0 Å². The number of hydrogen-bond acceptors (Lipinski definition) is 3.